The van der Waals surface area contributed by atoms with Crippen LogP contribution < -0.4 is 10.2 Å². The van der Waals surface area contributed by atoms with Gasteiger partial charge in [-0.25, -0.2) is 0 Å². The summed E-state index contributed by atoms with van der Waals surface area (Å²) in [5, 5.41) is 13.9. The second kappa shape index (κ2) is 5.66. The van der Waals surface area contributed by atoms with Gasteiger partial charge in [0.05, 0.1) is 16.7 Å². The van der Waals surface area contributed by atoms with Crippen molar-refractivity contribution in [2.45, 2.75) is 19.4 Å². The van der Waals surface area contributed by atoms with Crippen LogP contribution in [0.25, 0.3) is 0 Å². The Morgan fingerprint density at radius 3 is 2.95 bits per heavy atom. The molecule has 1 amide bonds. The summed E-state index contributed by atoms with van der Waals surface area (Å²) in [6.45, 7) is 3.23. The first-order valence-electron chi connectivity index (χ1n) is 6.03. The summed E-state index contributed by atoms with van der Waals surface area (Å²) in [4.78, 5) is 24.1. The summed E-state index contributed by atoms with van der Waals surface area (Å²) in [7, 11) is 0. The standard InChI is InChI=1S/C12H14BrN3O3/c1-2-14-10-5-6-15(12(10)17)11-7-8(16(18)19)3-4-9(11)13/h3-4,7,10,14H,2,5-6H2,1H3. The summed E-state index contributed by atoms with van der Waals surface area (Å²) in [5.74, 6) is -0.0388. The van der Waals surface area contributed by atoms with Crippen molar-refractivity contribution in [3.8, 4) is 0 Å². The second-order valence-electron chi connectivity index (χ2n) is 4.28. The number of nitro benzene ring substituents is 1. The fourth-order valence-corrected chi connectivity index (χ4v) is 2.64. The minimum absolute atomic E-state index is 0.0158. The molecule has 0 spiro atoms. The van der Waals surface area contributed by atoms with Crippen LogP contribution in [0, 0.1) is 10.1 Å². The first kappa shape index (κ1) is 14.0. The molecule has 0 bridgehead atoms. The lowest BCUT2D eigenvalue weighted by Crippen LogP contribution is -2.38. The number of amides is 1. The van der Waals surface area contributed by atoms with Crippen LogP contribution in [0.1, 0.15) is 13.3 Å². The van der Waals surface area contributed by atoms with E-state index in [1.165, 1.54) is 12.1 Å². The fourth-order valence-electron chi connectivity index (χ4n) is 2.18. The zero-order valence-electron chi connectivity index (χ0n) is 10.4. The molecule has 1 aromatic rings. The molecule has 19 heavy (non-hydrogen) atoms. The van der Waals surface area contributed by atoms with Gasteiger partial charge >= 0.3 is 0 Å². The van der Waals surface area contributed by atoms with Crippen molar-refractivity contribution < 1.29 is 9.72 Å². The molecule has 102 valence electrons. The van der Waals surface area contributed by atoms with Gasteiger partial charge in [-0.1, -0.05) is 6.92 Å². The number of hydrogen-bond donors (Lipinski definition) is 1. The molecule has 1 aliphatic heterocycles. The lowest BCUT2D eigenvalue weighted by molar-refractivity contribution is -0.384. The molecule has 7 heteroatoms. The van der Waals surface area contributed by atoms with Gasteiger partial charge in [-0.05, 0) is 35.0 Å². The Balaban J connectivity index is 2.30. The molecule has 2 rings (SSSR count). The predicted molar refractivity (Wildman–Crippen MR) is 75.2 cm³/mol. The Hall–Kier alpha value is -1.47. The van der Waals surface area contributed by atoms with Crippen molar-refractivity contribution in [3.05, 3.63) is 32.8 Å². The zero-order chi connectivity index (χ0) is 14.0. The Labute approximate surface area is 119 Å². The highest BCUT2D eigenvalue weighted by molar-refractivity contribution is 9.10. The normalized spacial score (nSPS) is 18.9. The molecule has 0 radical (unpaired) electrons. The molecular formula is C12H14BrN3O3. The van der Waals surface area contributed by atoms with Crippen molar-refractivity contribution in [1.29, 1.82) is 0 Å². The van der Waals surface area contributed by atoms with E-state index < -0.39 is 4.92 Å². The third kappa shape index (κ3) is 2.76. The number of nitrogens with zero attached hydrogens (tertiary/aromatic N) is 2. The Bertz CT molecular complexity index is 521. The van der Waals surface area contributed by atoms with Gasteiger partial charge in [-0.3, -0.25) is 14.9 Å². The van der Waals surface area contributed by atoms with Crippen LogP contribution in [0.4, 0.5) is 11.4 Å². The van der Waals surface area contributed by atoms with Crippen molar-refractivity contribution in [2.24, 2.45) is 0 Å². The summed E-state index contributed by atoms with van der Waals surface area (Å²) >= 11 is 3.34. The Kier molecular flexibility index (Phi) is 4.16. The number of nitro groups is 1. The van der Waals surface area contributed by atoms with Crippen LogP contribution in [0.2, 0.25) is 0 Å². The number of hydrogen-bond acceptors (Lipinski definition) is 4. The molecule has 1 aliphatic rings. The van der Waals surface area contributed by atoms with E-state index in [1.54, 1.807) is 11.0 Å². The SMILES string of the molecule is CCNC1CCN(c2cc([N+](=O)[O-])ccc2Br)C1=O. The summed E-state index contributed by atoms with van der Waals surface area (Å²) in [6, 6.07) is 4.24. The number of carbonyl (C=O) groups is 1. The average Bonchev–Trinajstić information content (AvgIpc) is 2.72. The van der Waals surface area contributed by atoms with Gasteiger partial charge in [0.1, 0.15) is 0 Å². The van der Waals surface area contributed by atoms with Crippen LogP contribution in [-0.2, 0) is 4.79 Å². The average molecular weight is 328 g/mol. The van der Waals surface area contributed by atoms with Crippen molar-refractivity contribution >= 4 is 33.2 Å². The fraction of sp³-hybridized carbons (Fsp3) is 0.417. The van der Waals surface area contributed by atoms with Crippen molar-refractivity contribution in [3.63, 3.8) is 0 Å². The lowest BCUT2D eigenvalue weighted by Gasteiger charge is -2.18. The van der Waals surface area contributed by atoms with E-state index in [9.17, 15) is 14.9 Å². The molecule has 1 atom stereocenters. The van der Waals surface area contributed by atoms with Gasteiger partial charge in [-0.15, -0.1) is 0 Å². The van der Waals surface area contributed by atoms with E-state index >= 15 is 0 Å². The molecule has 1 aromatic carbocycles. The number of carbonyl (C=O) groups excluding carboxylic acids is 1. The number of anilines is 1. The second-order valence-corrected chi connectivity index (χ2v) is 5.14. The Morgan fingerprint density at radius 2 is 2.32 bits per heavy atom. The topological polar surface area (TPSA) is 75.5 Å². The van der Waals surface area contributed by atoms with E-state index in [4.69, 9.17) is 0 Å². The number of halogens is 1. The van der Waals surface area contributed by atoms with Crippen LogP contribution in [0.3, 0.4) is 0 Å². The van der Waals surface area contributed by atoms with Crippen LogP contribution in [0.5, 0.6) is 0 Å². The van der Waals surface area contributed by atoms with Gasteiger partial charge in [0.2, 0.25) is 5.91 Å². The maximum Gasteiger partial charge on any atom is 0.271 e. The van der Waals surface area contributed by atoms with E-state index in [0.717, 1.165) is 6.54 Å². The summed E-state index contributed by atoms with van der Waals surface area (Å²) < 4.78 is 0.684. The van der Waals surface area contributed by atoms with E-state index in [2.05, 4.69) is 21.2 Å². The number of benzene rings is 1. The largest absolute Gasteiger partial charge is 0.310 e. The van der Waals surface area contributed by atoms with Crippen LogP contribution in [-0.4, -0.2) is 30.0 Å². The highest BCUT2D eigenvalue weighted by Gasteiger charge is 2.33. The minimum atomic E-state index is -0.460. The van der Waals surface area contributed by atoms with Crippen LogP contribution in [0.15, 0.2) is 22.7 Å². The number of non-ortho nitro benzene ring substituents is 1. The molecule has 0 saturated carbocycles. The Morgan fingerprint density at radius 1 is 1.58 bits per heavy atom. The first-order chi connectivity index (χ1) is 9.04. The van der Waals surface area contributed by atoms with E-state index in [1.807, 2.05) is 6.92 Å². The molecular weight excluding hydrogens is 314 g/mol. The maximum atomic E-state index is 12.2. The van der Waals surface area contributed by atoms with Crippen molar-refractivity contribution in [1.82, 2.24) is 5.32 Å². The molecule has 6 nitrogen and oxygen atoms in total. The molecule has 1 unspecified atom stereocenters. The van der Waals surface area contributed by atoms with E-state index in [-0.39, 0.29) is 17.6 Å². The molecule has 1 N–H and O–H groups in total. The van der Waals surface area contributed by atoms with Crippen molar-refractivity contribution in [2.75, 3.05) is 18.0 Å². The van der Waals surface area contributed by atoms with Crippen LogP contribution >= 0.6 is 15.9 Å². The lowest BCUT2D eigenvalue weighted by atomic mass is 10.2. The minimum Gasteiger partial charge on any atom is -0.310 e. The molecule has 1 fully saturated rings. The van der Waals surface area contributed by atoms with E-state index in [0.29, 0.717) is 23.1 Å². The number of nitrogens with one attached hydrogen (secondary N) is 1. The quantitative estimate of drug-likeness (QED) is 0.678. The van der Waals surface area contributed by atoms with Gasteiger partial charge in [0.15, 0.2) is 0 Å². The molecule has 1 saturated heterocycles. The summed E-state index contributed by atoms with van der Waals surface area (Å²) in [6.07, 6.45) is 0.710. The highest BCUT2D eigenvalue weighted by atomic mass is 79.9. The zero-order valence-corrected chi connectivity index (χ0v) is 12.0. The molecule has 0 aliphatic carbocycles. The molecule has 1 heterocycles. The predicted octanol–water partition coefficient (Wildman–Crippen LogP) is 2.07. The molecule has 0 aromatic heterocycles. The monoisotopic (exact) mass is 327 g/mol. The highest BCUT2D eigenvalue weighted by Crippen LogP contribution is 2.33. The van der Waals surface area contributed by atoms with Gasteiger partial charge in [0, 0.05) is 23.2 Å². The number of likely N-dealkylation sites (N-methyl/N-ethyl adjacent to an activating group) is 1. The third-order valence-corrected chi connectivity index (χ3v) is 3.76. The summed E-state index contributed by atoms with van der Waals surface area (Å²) in [5.41, 5.74) is 0.539. The van der Waals surface area contributed by atoms with Gasteiger partial charge < -0.3 is 10.2 Å². The number of rotatable bonds is 4. The van der Waals surface area contributed by atoms with Gasteiger partial charge in [0.25, 0.3) is 5.69 Å². The smallest absolute Gasteiger partial charge is 0.271 e. The maximum absolute atomic E-state index is 12.2. The first-order valence-corrected chi connectivity index (χ1v) is 6.82. The third-order valence-electron chi connectivity index (χ3n) is 3.09. The van der Waals surface area contributed by atoms with Gasteiger partial charge in [-0.2, -0.15) is 0 Å².